The lowest BCUT2D eigenvalue weighted by molar-refractivity contribution is 0.00199. The first-order valence-corrected chi connectivity index (χ1v) is 9.55. The van der Waals surface area contributed by atoms with E-state index in [1.165, 1.54) is 0 Å². The molecule has 0 radical (unpaired) electrons. The Hall–Kier alpha value is -3.77. The molecule has 1 atom stereocenters. The van der Waals surface area contributed by atoms with Crippen molar-refractivity contribution in [2.45, 2.75) is 13.0 Å². The average molecular weight is 404 g/mol. The summed E-state index contributed by atoms with van der Waals surface area (Å²) < 4.78 is 10.9. The highest BCUT2D eigenvalue weighted by Gasteiger charge is 2.30. The molecule has 2 aromatic heterocycles. The highest BCUT2D eigenvalue weighted by atomic mass is 16.5. The van der Waals surface area contributed by atoms with Crippen molar-refractivity contribution in [3.8, 4) is 17.5 Å². The maximum absolute atomic E-state index is 13.4. The van der Waals surface area contributed by atoms with Crippen molar-refractivity contribution in [3.63, 3.8) is 0 Å². The van der Waals surface area contributed by atoms with E-state index < -0.39 is 0 Å². The van der Waals surface area contributed by atoms with Gasteiger partial charge in [0.2, 0.25) is 0 Å². The number of anilines is 1. The van der Waals surface area contributed by atoms with Crippen LogP contribution in [0.25, 0.3) is 11.5 Å². The number of morpholine rings is 1. The number of aryl methyl sites for hydroxylation is 1. The Morgan fingerprint density at radius 2 is 2.20 bits per heavy atom. The van der Waals surface area contributed by atoms with E-state index in [2.05, 4.69) is 26.5 Å². The molecule has 1 fully saturated rings. The van der Waals surface area contributed by atoms with Gasteiger partial charge in [-0.05, 0) is 31.2 Å². The molecule has 1 aliphatic rings. The predicted molar refractivity (Wildman–Crippen MR) is 108 cm³/mol. The molecule has 1 amide bonds. The van der Waals surface area contributed by atoms with Gasteiger partial charge in [-0.1, -0.05) is 17.3 Å². The van der Waals surface area contributed by atoms with E-state index in [0.717, 1.165) is 0 Å². The van der Waals surface area contributed by atoms with E-state index >= 15 is 0 Å². The second-order valence-corrected chi connectivity index (χ2v) is 6.81. The molecule has 152 valence electrons. The van der Waals surface area contributed by atoms with Gasteiger partial charge in [0.25, 0.3) is 11.8 Å². The van der Waals surface area contributed by atoms with Crippen LogP contribution in [0.3, 0.4) is 0 Å². The van der Waals surface area contributed by atoms with Crippen molar-refractivity contribution in [2.75, 3.05) is 31.6 Å². The number of nitrogens with zero attached hydrogens (tertiary/aromatic N) is 5. The maximum Gasteiger partial charge on any atom is 0.258 e. The van der Waals surface area contributed by atoms with Crippen molar-refractivity contribution < 1.29 is 14.1 Å². The number of aromatic nitrogens is 3. The fraction of sp³-hybridized carbons (Fsp3) is 0.286. The summed E-state index contributed by atoms with van der Waals surface area (Å²) in [6.45, 7) is 3.43. The average Bonchev–Trinajstić information content (AvgIpc) is 3.23. The normalized spacial score (nSPS) is 16.1. The maximum atomic E-state index is 13.4. The Kier molecular flexibility index (Phi) is 5.68. The number of rotatable bonds is 5. The SMILES string of the molecule is Cc1noc(-c2ccccc2C(=O)N2CCOCC2CNc2ncccc2C#N)n1. The molecular formula is C21H20N6O3. The van der Waals surface area contributed by atoms with Gasteiger partial charge >= 0.3 is 0 Å². The van der Waals surface area contributed by atoms with Gasteiger partial charge in [0.05, 0.1) is 35.9 Å². The number of pyridine rings is 1. The van der Waals surface area contributed by atoms with Crippen LogP contribution in [0.5, 0.6) is 0 Å². The third kappa shape index (κ3) is 3.99. The third-order valence-electron chi connectivity index (χ3n) is 4.84. The minimum absolute atomic E-state index is 0.141. The van der Waals surface area contributed by atoms with E-state index in [9.17, 15) is 10.1 Å². The summed E-state index contributed by atoms with van der Waals surface area (Å²) >= 11 is 0. The van der Waals surface area contributed by atoms with Crippen LogP contribution in [0, 0.1) is 18.3 Å². The number of hydrogen-bond acceptors (Lipinski definition) is 8. The topological polar surface area (TPSA) is 117 Å². The number of ether oxygens (including phenoxy) is 1. The van der Waals surface area contributed by atoms with Crippen LogP contribution >= 0.6 is 0 Å². The summed E-state index contributed by atoms with van der Waals surface area (Å²) in [4.78, 5) is 23.7. The number of amides is 1. The first-order valence-electron chi connectivity index (χ1n) is 9.55. The number of carbonyl (C=O) groups excluding carboxylic acids is 1. The molecule has 30 heavy (non-hydrogen) atoms. The number of benzene rings is 1. The molecule has 3 aromatic rings. The number of nitriles is 1. The van der Waals surface area contributed by atoms with Gasteiger partial charge in [0.1, 0.15) is 11.9 Å². The minimum atomic E-state index is -0.225. The van der Waals surface area contributed by atoms with Crippen LogP contribution < -0.4 is 5.32 Å². The van der Waals surface area contributed by atoms with Crippen molar-refractivity contribution in [1.29, 1.82) is 5.26 Å². The van der Waals surface area contributed by atoms with Crippen LogP contribution in [0.15, 0.2) is 47.1 Å². The fourth-order valence-electron chi connectivity index (χ4n) is 3.36. The van der Waals surface area contributed by atoms with Gasteiger partial charge in [-0.2, -0.15) is 10.2 Å². The van der Waals surface area contributed by atoms with E-state index in [-0.39, 0.29) is 11.9 Å². The standard InChI is InChI=1S/C21H20N6O3/c1-14-25-20(30-26-14)17-6-2-3-7-18(17)21(28)27-9-10-29-13-16(27)12-24-19-15(11-22)5-4-8-23-19/h2-8,16H,9-10,12-13H2,1H3,(H,23,24). The summed E-state index contributed by atoms with van der Waals surface area (Å²) in [5.41, 5.74) is 1.53. The van der Waals surface area contributed by atoms with Crippen molar-refractivity contribution in [1.82, 2.24) is 20.0 Å². The molecule has 0 saturated carbocycles. The zero-order valence-corrected chi connectivity index (χ0v) is 16.4. The minimum Gasteiger partial charge on any atom is -0.377 e. The van der Waals surface area contributed by atoms with Gasteiger partial charge in [-0.15, -0.1) is 0 Å². The molecule has 1 unspecified atom stereocenters. The van der Waals surface area contributed by atoms with E-state index in [1.807, 2.05) is 6.07 Å². The summed E-state index contributed by atoms with van der Waals surface area (Å²) in [5, 5.41) is 16.2. The van der Waals surface area contributed by atoms with Crippen molar-refractivity contribution in [3.05, 3.63) is 59.5 Å². The molecule has 3 heterocycles. The smallest absolute Gasteiger partial charge is 0.258 e. The quantitative estimate of drug-likeness (QED) is 0.688. The molecule has 1 aliphatic heterocycles. The Morgan fingerprint density at radius 3 is 3.00 bits per heavy atom. The van der Waals surface area contributed by atoms with Crippen LogP contribution in [0.1, 0.15) is 21.7 Å². The summed E-state index contributed by atoms with van der Waals surface area (Å²) in [7, 11) is 0. The van der Waals surface area contributed by atoms with Crippen LogP contribution in [0.4, 0.5) is 5.82 Å². The second kappa shape index (κ2) is 8.71. The number of carbonyl (C=O) groups is 1. The summed E-state index contributed by atoms with van der Waals surface area (Å²) in [6, 6.07) is 12.5. The van der Waals surface area contributed by atoms with Crippen LogP contribution in [-0.4, -0.2) is 58.3 Å². The Bertz CT molecular complexity index is 1090. The van der Waals surface area contributed by atoms with Crippen LogP contribution in [0.2, 0.25) is 0 Å². The van der Waals surface area contributed by atoms with Crippen molar-refractivity contribution >= 4 is 11.7 Å². The first kappa shape index (κ1) is 19.5. The lowest BCUT2D eigenvalue weighted by Gasteiger charge is -2.36. The molecule has 1 aromatic carbocycles. The first-order chi connectivity index (χ1) is 14.7. The fourth-order valence-corrected chi connectivity index (χ4v) is 3.36. The molecule has 0 aliphatic carbocycles. The number of hydrogen-bond donors (Lipinski definition) is 1. The molecule has 1 saturated heterocycles. The molecule has 9 nitrogen and oxygen atoms in total. The molecule has 9 heteroatoms. The monoisotopic (exact) mass is 404 g/mol. The predicted octanol–water partition coefficient (Wildman–Crippen LogP) is 2.26. The highest BCUT2D eigenvalue weighted by molar-refractivity contribution is 6.00. The molecule has 4 rings (SSSR count). The van der Waals surface area contributed by atoms with Gasteiger partial charge in [0.15, 0.2) is 5.82 Å². The number of nitrogens with one attached hydrogen (secondary N) is 1. The zero-order valence-electron chi connectivity index (χ0n) is 16.4. The molecule has 1 N–H and O–H groups in total. The van der Waals surface area contributed by atoms with E-state index in [0.29, 0.717) is 60.5 Å². The lowest BCUT2D eigenvalue weighted by atomic mass is 10.0. The Balaban J connectivity index is 1.56. The Morgan fingerprint density at radius 1 is 1.33 bits per heavy atom. The van der Waals surface area contributed by atoms with Gasteiger partial charge < -0.3 is 19.5 Å². The highest BCUT2D eigenvalue weighted by Crippen LogP contribution is 2.25. The molecular weight excluding hydrogens is 384 g/mol. The van der Waals surface area contributed by atoms with Gasteiger partial charge in [0, 0.05) is 19.3 Å². The van der Waals surface area contributed by atoms with Gasteiger partial charge in [-0.25, -0.2) is 4.98 Å². The van der Waals surface area contributed by atoms with Gasteiger partial charge in [-0.3, -0.25) is 4.79 Å². The Labute approximate surface area is 173 Å². The van der Waals surface area contributed by atoms with Crippen LogP contribution in [-0.2, 0) is 4.74 Å². The largest absolute Gasteiger partial charge is 0.377 e. The third-order valence-corrected chi connectivity index (χ3v) is 4.84. The second-order valence-electron chi connectivity index (χ2n) is 6.81. The summed E-state index contributed by atoms with van der Waals surface area (Å²) in [6.07, 6.45) is 1.62. The lowest BCUT2D eigenvalue weighted by Crippen LogP contribution is -2.51. The molecule has 0 spiro atoms. The zero-order chi connectivity index (χ0) is 20.9. The summed E-state index contributed by atoms with van der Waals surface area (Å²) in [5.74, 6) is 1.16. The van der Waals surface area contributed by atoms with E-state index in [1.54, 1.807) is 48.4 Å². The van der Waals surface area contributed by atoms with E-state index in [4.69, 9.17) is 9.26 Å². The van der Waals surface area contributed by atoms with Crippen molar-refractivity contribution in [2.24, 2.45) is 0 Å². The molecule has 0 bridgehead atoms.